The molecule has 1 heterocycles. The first kappa shape index (κ1) is 23.8. The Labute approximate surface area is 204 Å². The average molecular weight is 503 g/mol. The minimum atomic E-state index is -4.07. The van der Waals surface area contributed by atoms with Crippen LogP contribution in [0, 0.1) is 0 Å². The van der Waals surface area contributed by atoms with Crippen LogP contribution in [0.5, 0.6) is 0 Å². The molecule has 0 aromatic heterocycles. The van der Waals surface area contributed by atoms with Crippen LogP contribution in [0.25, 0.3) is 0 Å². The van der Waals surface area contributed by atoms with Gasteiger partial charge in [0.2, 0.25) is 15.9 Å². The summed E-state index contributed by atoms with van der Waals surface area (Å²) in [6, 6.07) is 21.5. The quantitative estimate of drug-likeness (QED) is 0.445. The standard InChI is InChI=1S/C25H24Cl2N2O3S/c1-18-15-20-9-5-6-10-23(20)29(18)25(30)17-28(14-13-19-7-3-2-4-8-19)33(31,32)24-16-21(26)11-12-22(24)27/h2-12,16,18H,13-15,17H2,1H3. The molecule has 8 heteroatoms. The molecule has 0 radical (unpaired) electrons. The molecule has 1 aliphatic rings. The molecule has 0 saturated heterocycles. The molecule has 4 rings (SSSR count). The normalized spacial score (nSPS) is 15.6. The van der Waals surface area contributed by atoms with Gasteiger partial charge in [-0.25, -0.2) is 8.42 Å². The van der Waals surface area contributed by atoms with Crippen molar-refractivity contribution in [2.75, 3.05) is 18.0 Å². The van der Waals surface area contributed by atoms with Gasteiger partial charge in [0.1, 0.15) is 4.90 Å². The number of amides is 1. The zero-order chi connectivity index (χ0) is 23.6. The second-order valence-electron chi connectivity index (χ2n) is 8.09. The number of halogens is 2. The Balaban J connectivity index is 1.65. The lowest BCUT2D eigenvalue weighted by Crippen LogP contribution is -2.45. The van der Waals surface area contributed by atoms with Crippen molar-refractivity contribution < 1.29 is 13.2 Å². The van der Waals surface area contributed by atoms with E-state index in [-0.39, 0.29) is 40.0 Å². The van der Waals surface area contributed by atoms with Crippen molar-refractivity contribution >= 4 is 44.8 Å². The summed E-state index contributed by atoms with van der Waals surface area (Å²) < 4.78 is 28.4. The lowest BCUT2D eigenvalue weighted by molar-refractivity contribution is -0.119. The molecule has 1 aliphatic heterocycles. The molecule has 1 unspecified atom stereocenters. The molecule has 172 valence electrons. The third-order valence-corrected chi connectivity index (χ3v) is 8.35. The second kappa shape index (κ2) is 9.85. The fourth-order valence-corrected chi connectivity index (χ4v) is 6.30. The van der Waals surface area contributed by atoms with Gasteiger partial charge in [-0.3, -0.25) is 4.79 Å². The minimum absolute atomic E-state index is 0.0525. The molecule has 0 aliphatic carbocycles. The maximum atomic E-state index is 13.6. The SMILES string of the molecule is CC1Cc2ccccc2N1C(=O)CN(CCc1ccccc1)S(=O)(=O)c1cc(Cl)ccc1Cl. The number of fused-ring (bicyclic) bond motifs is 1. The van der Waals surface area contributed by atoms with E-state index in [9.17, 15) is 13.2 Å². The van der Waals surface area contributed by atoms with Crippen LogP contribution in [-0.4, -0.2) is 37.8 Å². The van der Waals surface area contributed by atoms with Gasteiger partial charge in [-0.1, -0.05) is 71.7 Å². The Kier molecular flexibility index (Phi) is 7.10. The summed E-state index contributed by atoms with van der Waals surface area (Å²) in [6.45, 7) is 1.80. The largest absolute Gasteiger partial charge is 0.308 e. The summed E-state index contributed by atoms with van der Waals surface area (Å²) in [5, 5.41) is 0.325. The van der Waals surface area contributed by atoms with Crippen LogP contribution in [0.15, 0.2) is 77.7 Å². The number of sulfonamides is 1. The number of anilines is 1. The van der Waals surface area contributed by atoms with E-state index in [4.69, 9.17) is 23.2 Å². The Hall–Kier alpha value is -2.38. The van der Waals surface area contributed by atoms with Crippen molar-refractivity contribution in [3.05, 3.63) is 94.0 Å². The summed E-state index contributed by atoms with van der Waals surface area (Å²) >= 11 is 12.3. The molecule has 3 aromatic rings. The highest BCUT2D eigenvalue weighted by atomic mass is 35.5. The Morgan fingerprint density at radius 3 is 2.48 bits per heavy atom. The first-order chi connectivity index (χ1) is 15.8. The predicted molar refractivity (Wildman–Crippen MR) is 132 cm³/mol. The van der Waals surface area contributed by atoms with E-state index < -0.39 is 10.0 Å². The fraction of sp³-hybridized carbons (Fsp3) is 0.240. The van der Waals surface area contributed by atoms with E-state index in [0.29, 0.717) is 6.42 Å². The summed E-state index contributed by atoms with van der Waals surface area (Å²) in [5.41, 5.74) is 2.88. The number of para-hydroxylation sites is 1. The van der Waals surface area contributed by atoms with Crippen molar-refractivity contribution in [1.82, 2.24) is 4.31 Å². The molecule has 0 bridgehead atoms. The average Bonchev–Trinajstić information content (AvgIpc) is 3.14. The monoisotopic (exact) mass is 502 g/mol. The molecule has 0 saturated carbocycles. The number of carbonyl (C=O) groups excluding carboxylic acids is 1. The van der Waals surface area contributed by atoms with Crippen LogP contribution in [-0.2, 0) is 27.7 Å². The van der Waals surface area contributed by atoms with Crippen LogP contribution in [0.2, 0.25) is 10.0 Å². The Bertz CT molecular complexity index is 1270. The van der Waals surface area contributed by atoms with Gasteiger partial charge >= 0.3 is 0 Å². The molecule has 0 N–H and O–H groups in total. The Morgan fingerprint density at radius 1 is 1.03 bits per heavy atom. The van der Waals surface area contributed by atoms with Gasteiger partial charge < -0.3 is 4.90 Å². The van der Waals surface area contributed by atoms with E-state index in [0.717, 1.165) is 23.2 Å². The molecule has 3 aromatic carbocycles. The molecule has 0 spiro atoms. The number of rotatable bonds is 7. The maximum absolute atomic E-state index is 13.6. The fourth-order valence-electron chi connectivity index (χ4n) is 4.17. The predicted octanol–water partition coefficient (Wildman–Crippen LogP) is 5.20. The molecule has 5 nitrogen and oxygen atoms in total. The number of hydrogen-bond acceptors (Lipinski definition) is 3. The van der Waals surface area contributed by atoms with Crippen molar-refractivity contribution in [2.24, 2.45) is 0 Å². The van der Waals surface area contributed by atoms with Crippen molar-refractivity contribution in [1.29, 1.82) is 0 Å². The van der Waals surface area contributed by atoms with Gasteiger partial charge in [0.15, 0.2) is 0 Å². The van der Waals surface area contributed by atoms with E-state index in [2.05, 4.69) is 0 Å². The van der Waals surface area contributed by atoms with E-state index in [1.54, 1.807) is 4.90 Å². The maximum Gasteiger partial charge on any atom is 0.245 e. The summed E-state index contributed by atoms with van der Waals surface area (Å²) in [6.07, 6.45) is 1.19. The third-order valence-electron chi connectivity index (χ3n) is 5.79. The molecule has 1 atom stereocenters. The number of nitrogens with zero attached hydrogens (tertiary/aromatic N) is 2. The van der Waals surface area contributed by atoms with Gasteiger partial charge in [-0.05, 0) is 55.2 Å². The van der Waals surface area contributed by atoms with Crippen LogP contribution >= 0.6 is 23.2 Å². The highest BCUT2D eigenvalue weighted by molar-refractivity contribution is 7.89. The first-order valence-electron chi connectivity index (χ1n) is 10.7. The van der Waals surface area contributed by atoms with E-state index in [1.807, 2.05) is 61.5 Å². The van der Waals surface area contributed by atoms with Gasteiger partial charge in [0, 0.05) is 23.3 Å². The van der Waals surface area contributed by atoms with Crippen LogP contribution in [0.1, 0.15) is 18.1 Å². The van der Waals surface area contributed by atoms with Crippen LogP contribution in [0.4, 0.5) is 5.69 Å². The third kappa shape index (κ3) is 5.09. The highest BCUT2D eigenvalue weighted by Gasteiger charge is 2.35. The topological polar surface area (TPSA) is 57.7 Å². The zero-order valence-corrected chi connectivity index (χ0v) is 20.4. The zero-order valence-electron chi connectivity index (χ0n) is 18.1. The van der Waals surface area contributed by atoms with Crippen molar-refractivity contribution in [3.8, 4) is 0 Å². The molecule has 33 heavy (non-hydrogen) atoms. The number of benzene rings is 3. The summed E-state index contributed by atoms with van der Waals surface area (Å²) in [5.74, 6) is -0.276. The van der Waals surface area contributed by atoms with Gasteiger partial charge in [-0.2, -0.15) is 4.31 Å². The number of hydrogen-bond donors (Lipinski definition) is 0. The van der Waals surface area contributed by atoms with Crippen molar-refractivity contribution in [3.63, 3.8) is 0 Å². The molecule has 0 fully saturated rings. The lowest BCUT2D eigenvalue weighted by Gasteiger charge is -2.28. The first-order valence-corrected chi connectivity index (χ1v) is 12.9. The molecule has 1 amide bonds. The second-order valence-corrected chi connectivity index (χ2v) is 10.8. The van der Waals surface area contributed by atoms with Crippen LogP contribution in [0.3, 0.4) is 0 Å². The van der Waals surface area contributed by atoms with Gasteiger partial charge in [-0.15, -0.1) is 0 Å². The van der Waals surface area contributed by atoms with Crippen molar-refractivity contribution in [2.45, 2.75) is 30.7 Å². The van der Waals surface area contributed by atoms with E-state index >= 15 is 0 Å². The van der Waals surface area contributed by atoms with Crippen LogP contribution < -0.4 is 4.90 Å². The minimum Gasteiger partial charge on any atom is -0.308 e. The van der Waals surface area contributed by atoms with Gasteiger partial charge in [0.05, 0.1) is 11.6 Å². The highest BCUT2D eigenvalue weighted by Crippen LogP contribution is 2.33. The summed E-state index contributed by atoms with van der Waals surface area (Å²) in [4.78, 5) is 15.0. The van der Waals surface area contributed by atoms with Gasteiger partial charge in [0.25, 0.3) is 0 Å². The lowest BCUT2D eigenvalue weighted by atomic mass is 10.1. The molecular formula is C25H24Cl2N2O3S. The molecular weight excluding hydrogens is 479 g/mol. The Morgan fingerprint density at radius 2 is 1.73 bits per heavy atom. The smallest absolute Gasteiger partial charge is 0.245 e. The van der Waals surface area contributed by atoms with E-state index in [1.165, 1.54) is 22.5 Å². The summed E-state index contributed by atoms with van der Waals surface area (Å²) in [7, 11) is -4.07. The number of carbonyl (C=O) groups is 1.